The van der Waals surface area contributed by atoms with Crippen LogP contribution >= 0.6 is 24.0 Å². The van der Waals surface area contributed by atoms with Gasteiger partial charge in [0.05, 0.1) is 0 Å². The molecule has 2 rings (SSSR count). The first-order valence-corrected chi connectivity index (χ1v) is 8.59. The lowest BCUT2D eigenvalue weighted by Crippen LogP contribution is -2.41. The molecule has 1 N–H and O–H groups in total. The van der Waals surface area contributed by atoms with E-state index in [4.69, 9.17) is 0 Å². The van der Waals surface area contributed by atoms with Gasteiger partial charge in [0, 0.05) is 32.7 Å². The molecular weight excluding hydrogens is 415 g/mol. The smallest absolute Gasteiger partial charge is 0.244 e. The monoisotopic (exact) mass is 444 g/mol. The second kappa shape index (κ2) is 11.3. The molecule has 1 heterocycles. The van der Waals surface area contributed by atoms with Crippen LogP contribution in [-0.2, 0) is 11.3 Å². The molecule has 1 aromatic rings. The molecule has 6 heteroatoms. The molecule has 0 radical (unpaired) electrons. The summed E-state index contributed by atoms with van der Waals surface area (Å²) in [6, 6.07) is 10.1. The van der Waals surface area contributed by atoms with Crippen LogP contribution in [0.3, 0.4) is 0 Å². The van der Waals surface area contributed by atoms with Gasteiger partial charge in [-0.05, 0) is 32.3 Å². The third-order valence-corrected chi connectivity index (χ3v) is 4.06. The number of benzene rings is 1. The lowest BCUT2D eigenvalue weighted by atomic mass is 10.2. The molecule has 1 fully saturated rings. The molecule has 1 amide bonds. The third-order valence-electron chi connectivity index (χ3n) is 4.06. The number of likely N-dealkylation sites (N-methyl/N-ethyl adjacent to an activating group) is 1. The molecule has 0 spiro atoms. The molecule has 1 saturated heterocycles. The average molecular weight is 444 g/mol. The van der Waals surface area contributed by atoms with E-state index in [1.54, 1.807) is 0 Å². The molecule has 0 aliphatic carbocycles. The number of hydrogen-bond acceptors (Lipinski definition) is 2. The van der Waals surface area contributed by atoms with Crippen molar-refractivity contribution in [2.75, 3.05) is 32.7 Å². The predicted molar refractivity (Wildman–Crippen MR) is 110 cm³/mol. The molecule has 0 atom stereocenters. The van der Waals surface area contributed by atoms with Crippen LogP contribution in [0.5, 0.6) is 0 Å². The summed E-state index contributed by atoms with van der Waals surface area (Å²) >= 11 is 0. The van der Waals surface area contributed by atoms with Gasteiger partial charge in [-0.25, -0.2) is 4.99 Å². The fourth-order valence-electron chi connectivity index (χ4n) is 2.78. The van der Waals surface area contributed by atoms with Crippen LogP contribution in [0.4, 0.5) is 0 Å². The van der Waals surface area contributed by atoms with E-state index in [-0.39, 0.29) is 36.4 Å². The molecule has 0 bridgehead atoms. The molecule has 0 saturated carbocycles. The summed E-state index contributed by atoms with van der Waals surface area (Å²) in [5, 5.41) is 3.29. The fraction of sp³-hybridized carbons (Fsp3) is 0.556. The van der Waals surface area contributed by atoms with E-state index in [0.717, 1.165) is 31.2 Å². The lowest BCUT2D eigenvalue weighted by molar-refractivity contribution is -0.130. The van der Waals surface area contributed by atoms with Gasteiger partial charge >= 0.3 is 0 Å². The summed E-state index contributed by atoms with van der Waals surface area (Å²) < 4.78 is 0. The molecule has 5 nitrogen and oxygen atoms in total. The standard InChI is InChI=1S/C18H28N4O.HI/c1-3-19-18(22-12-8-9-13-22)20-14-17(23)21(4-2)15-16-10-6-5-7-11-16;/h5-7,10-11H,3-4,8-9,12-15H2,1-2H3,(H,19,20);1H. The van der Waals surface area contributed by atoms with Crippen molar-refractivity contribution in [3.63, 3.8) is 0 Å². The van der Waals surface area contributed by atoms with Gasteiger partial charge in [0.2, 0.25) is 5.91 Å². The highest BCUT2D eigenvalue weighted by molar-refractivity contribution is 14.0. The van der Waals surface area contributed by atoms with Crippen LogP contribution in [0.15, 0.2) is 35.3 Å². The first-order chi connectivity index (χ1) is 11.2. The SMILES string of the molecule is CCNC(=NCC(=O)N(CC)Cc1ccccc1)N1CCCC1.I. The van der Waals surface area contributed by atoms with Crippen molar-refractivity contribution in [1.82, 2.24) is 15.1 Å². The number of rotatable bonds is 6. The molecule has 1 aliphatic heterocycles. The van der Waals surface area contributed by atoms with Crippen LogP contribution in [0.25, 0.3) is 0 Å². The van der Waals surface area contributed by atoms with Crippen molar-refractivity contribution in [3.05, 3.63) is 35.9 Å². The minimum Gasteiger partial charge on any atom is -0.357 e. The summed E-state index contributed by atoms with van der Waals surface area (Å²) in [6.07, 6.45) is 2.40. The Hall–Kier alpha value is -1.31. The number of nitrogens with zero attached hydrogens (tertiary/aromatic N) is 3. The fourth-order valence-corrected chi connectivity index (χ4v) is 2.78. The van der Waals surface area contributed by atoms with Gasteiger partial charge < -0.3 is 15.1 Å². The second-order valence-corrected chi connectivity index (χ2v) is 5.76. The number of amides is 1. The highest BCUT2D eigenvalue weighted by Gasteiger charge is 2.17. The third kappa shape index (κ3) is 6.30. The first-order valence-electron chi connectivity index (χ1n) is 8.59. The number of halogens is 1. The van der Waals surface area contributed by atoms with Crippen molar-refractivity contribution >= 4 is 35.8 Å². The number of nitrogens with one attached hydrogen (secondary N) is 1. The summed E-state index contributed by atoms with van der Waals surface area (Å²) in [5.41, 5.74) is 1.15. The van der Waals surface area contributed by atoms with Gasteiger partial charge in [0.15, 0.2) is 5.96 Å². The zero-order chi connectivity index (χ0) is 16.5. The summed E-state index contributed by atoms with van der Waals surface area (Å²) in [6.45, 7) is 8.50. The van der Waals surface area contributed by atoms with Gasteiger partial charge in [-0.3, -0.25) is 4.79 Å². The van der Waals surface area contributed by atoms with Gasteiger partial charge in [-0.15, -0.1) is 24.0 Å². The Morgan fingerprint density at radius 2 is 1.88 bits per heavy atom. The van der Waals surface area contributed by atoms with E-state index in [1.807, 2.05) is 42.2 Å². The van der Waals surface area contributed by atoms with E-state index in [9.17, 15) is 4.79 Å². The normalized spacial score (nSPS) is 14.2. The largest absolute Gasteiger partial charge is 0.357 e. The number of aliphatic imine (C=N–C) groups is 1. The summed E-state index contributed by atoms with van der Waals surface area (Å²) in [4.78, 5) is 21.1. The van der Waals surface area contributed by atoms with Gasteiger partial charge in [0.25, 0.3) is 0 Å². The Labute approximate surface area is 162 Å². The lowest BCUT2D eigenvalue weighted by Gasteiger charge is -2.23. The Morgan fingerprint density at radius 1 is 1.21 bits per heavy atom. The van der Waals surface area contributed by atoms with Crippen LogP contribution in [-0.4, -0.2) is 54.4 Å². The molecule has 24 heavy (non-hydrogen) atoms. The van der Waals surface area contributed by atoms with Crippen LogP contribution in [0.1, 0.15) is 32.3 Å². The van der Waals surface area contributed by atoms with E-state index < -0.39 is 0 Å². The molecule has 0 aromatic heterocycles. The number of carbonyl (C=O) groups excluding carboxylic acids is 1. The molecule has 1 aliphatic rings. The van der Waals surface area contributed by atoms with E-state index in [0.29, 0.717) is 13.1 Å². The Bertz CT molecular complexity index is 515. The zero-order valence-corrected chi connectivity index (χ0v) is 17.0. The molecule has 1 aromatic carbocycles. The predicted octanol–water partition coefficient (Wildman–Crippen LogP) is 2.71. The highest BCUT2D eigenvalue weighted by atomic mass is 127. The second-order valence-electron chi connectivity index (χ2n) is 5.76. The highest BCUT2D eigenvalue weighted by Crippen LogP contribution is 2.08. The Balaban J connectivity index is 0.00000288. The molecule has 0 unspecified atom stereocenters. The number of carbonyl (C=O) groups is 1. The van der Waals surface area contributed by atoms with Crippen molar-refractivity contribution in [3.8, 4) is 0 Å². The topological polar surface area (TPSA) is 47.9 Å². The Kier molecular flexibility index (Phi) is 9.75. The minimum absolute atomic E-state index is 0. The number of hydrogen-bond donors (Lipinski definition) is 1. The van der Waals surface area contributed by atoms with Gasteiger partial charge in [0.1, 0.15) is 6.54 Å². The van der Waals surface area contributed by atoms with Crippen LogP contribution < -0.4 is 5.32 Å². The zero-order valence-electron chi connectivity index (χ0n) is 14.7. The van der Waals surface area contributed by atoms with Gasteiger partial charge in [-0.2, -0.15) is 0 Å². The van der Waals surface area contributed by atoms with Crippen molar-refractivity contribution in [2.24, 2.45) is 4.99 Å². The quantitative estimate of drug-likeness (QED) is 0.417. The summed E-state index contributed by atoms with van der Waals surface area (Å²) in [5.74, 6) is 0.945. The average Bonchev–Trinajstić information content (AvgIpc) is 3.11. The van der Waals surface area contributed by atoms with Crippen LogP contribution in [0.2, 0.25) is 0 Å². The Morgan fingerprint density at radius 3 is 2.46 bits per heavy atom. The van der Waals surface area contributed by atoms with Crippen molar-refractivity contribution in [2.45, 2.75) is 33.2 Å². The maximum absolute atomic E-state index is 12.5. The first kappa shape index (κ1) is 20.7. The maximum atomic E-state index is 12.5. The maximum Gasteiger partial charge on any atom is 0.244 e. The number of likely N-dealkylation sites (tertiary alicyclic amines) is 1. The number of guanidine groups is 1. The van der Waals surface area contributed by atoms with Crippen molar-refractivity contribution < 1.29 is 4.79 Å². The van der Waals surface area contributed by atoms with E-state index in [2.05, 4.69) is 22.1 Å². The van der Waals surface area contributed by atoms with Gasteiger partial charge in [-0.1, -0.05) is 30.3 Å². The molecular formula is C18H29IN4O. The van der Waals surface area contributed by atoms with Crippen molar-refractivity contribution in [1.29, 1.82) is 0 Å². The van der Waals surface area contributed by atoms with E-state index in [1.165, 1.54) is 12.8 Å². The minimum atomic E-state index is 0. The molecule has 134 valence electrons. The van der Waals surface area contributed by atoms with E-state index >= 15 is 0 Å². The van der Waals surface area contributed by atoms with Crippen LogP contribution in [0, 0.1) is 0 Å². The summed E-state index contributed by atoms with van der Waals surface area (Å²) in [7, 11) is 0.